The number of carbonyl (C=O) groups is 2. The summed E-state index contributed by atoms with van der Waals surface area (Å²) >= 11 is 0. The number of hydrogen-bond acceptors (Lipinski definition) is 14. The lowest BCUT2D eigenvalue weighted by atomic mass is 9.85. The normalized spacial score (nSPS) is 34.3. The standard InChI is InChI=1S/C41H72O14/c1-21(2)19-23-24(39(23,10)11)20-49-36(47)32-30(26(43)28(45)34(52-32)41(14,15)53-22(3)4)55-38(8,9)17-18-50-40(12,13)33-27(44)25(42)29(54-37(5,6)7)31(51-33)35(46)48-16/h19,22-34,42-45H,17-18,20H2,1-16H3/t23?,24?,25?,26?,27?,28?,29-,30-,31?,32?,33?,34?/m0/s1. The summed E-state index contributed by atoms with van der Waals surface area (Å²) in [5.41, 5.74) is -3.05. The molecule has 1 aliphatic carbocycles. The molecular formula is C41H72O14. The molecule has 55 heavy (non-hydrogen) atoms. The van der Waals surface area contributed by atoms with E-state index in [9.17, 15) is 30.0 Å². The molecule has 0 amide bonds. The van der Waals surface area contributed by atoms with Gasteiger partial charge in [-0.25, -0.2) is 9.59 Å². The van der Waals surface area contributed by atoms with Gasteiger partial charge in [0.2, 0.25) is 0 Å². The van der Waals surface area contributed by atoms with Gasteiger partial charge in [0.1, 0.15) is 48.8 Å². The van der Waals surface area contributed by atoms with Crippen molar-refractivity contribution in [1.29, 1.82) is 0 Å². The topological polar surface area (TPSA) is 189 Å². The number of ether oxygens (including phenoxy) is 8. The molecule has 3 aliphatic rings. The van der Waals surface area contributed by atoms with E-state index in [-0.39, 0.29) is 43.0 Å². The third-order valence-corrected chi connectivity index (χ3v) is 10.9. The third-order valence-electron chi connectivity index (χ3n) is 10.9. The summed E-state index contributed by atoms with van der Waals surface area (Å²) in [5, 5.41) is 45.3. The highest BCUT2D eigenvalue weighted by Gasteiger charge is 2.59. The van der Waals surface area contributed by atoms with E-state index in [0.29, 0.717) is 0 Å². The Bertz CT molecular complexity index is 1330. The Morgan fingerprint density at radius 2 is 1.25 bits per heavy atom. The second-order valence-electron chi connectivity index (χ2n) is 19.3. The maximum absolute atomic E-state index is 13.9. The van der Waals surface area contributed by atoms with Gasteiger partial charge < -0.3 is 58.3 Å². The molecule has 14 heteroatoms. The third kappa shape index (κ3) is 11.7. The van der Waals surface area contributed by atoms with Crippen LogP contribution >= 0.6 is 0 Å². The predicted octanol–water partition coefficient (Wildman–Crippen LogP) is 3.66. The molecule has 3 fully saturated rings. The Morgan fingerprint density at radius 1 is 0.764 bits per heavy atom. The average molecular weight is 789 g/mol. The van der Waals surface area contributed by atoms with Crippen molar-refractivity contribution < 1.29 is 67.9 Å². The van der Waals surface area contributed by atoms with E-state index in [1.54, 1.807) is 62.3 Å². The summed E-state index contributed by atoms with van der Waals surface area (Å²) in [6.45, 7) is 27.7. The Kier molecular flexibility index (Phi) is 15.3. The molecule has 320 valence electrons. The molecule has 0 bridgehead atoms. The molecule has 0 aromatic heterocycles. The summed E-state index contributed by atoms with van der Waals surface area (Å²) in [4.78, 5) is 26.6. The Morgan fingerprint density at radius 3 is 1.73 bits per heavy atom. The van der Waals surface area contributed by atoms with Gasteiger partial charge in [0, 0.05) is 5.92 Å². The molecule has 2 aliphatic heterocycles. The molecule has 0 spiro atoms. The molecular weight excluding hydrogens is 716 g/mol. The summed E-state index contributed by atoms with van der Waals surface area (Å²) in [6, 6.07) is 0. The van der Waals surface area contributed by atoms with E-state index in [4.69, 9.17) is 37.9 Å². The first-order valence-electron chi connectivity index (χ1n) is 19.6. The largest absolute Gasteiger partial charge is 0.467 e. The van der Waals surface area contributed by atoms with Crippen LogP contribution in [-0.4, -0.2) is 142 Å². The zero-order chi connectivity index (χ0) is 42.2. The molecule has 0 aromatic carbocycles. The lowest BCUT2D eigenvalue weighted by Crippen LogP contribution is -2.67. The van der Waals surface area contributed by atoms with E-state index in [1.807, 2.05) is 27.7 Å². The van der Waals surface area contributed by atoms with E-state index in [1.165, 1.54) is 12.7 Å². The van der Waals surface area contributed by atoms with Crippen LogP contribution in [0.5, 0.6) is 0 Å². The van der Waals surface area contributed by atoms with Crippen LogP contribution in [0.4, 0.5) is 0 Å². The highest BCUT2D eigenvalue weighted by atomic mass is 16.6. The molecule has 10 unspecified atom stereocenters. The van der Waals surface area contributed by atoms with Gasteiger partial charge in [0.25, 0.3) is 0 Å². The second kappa shape index (κ2) is 17.6. The van der Waals surface area contributed by atoms with Gasteiger partial charge in [-0.1, -0.05) is 25.5 Å². The van der Waals surface area contributed by atoms with Gasteiger partial charge in [-0.2, -0.15) is 0 Å². The number of allylic oxidation sites excluding steroid dienone is 2. The first kappa shape index (κ1) is 47.7. The highest BCUT2D eigenvalue weighted by Crippen LogP contribution is 2.59. The lowest BCUT2D eigenvalue weighted by molar-refractivity contribution is -0.294. The fraction of sp³-hybridized carbons (Fsp3) is 0.902. The molecule has 14 nitrogen and oxygen atoms in total. The van der Waals surface area contributed by atoms with Gasteiger partial charge in [-0.15, -0.1) is 0 Å². The molecule has 4 N–H and O–H groups in total. The molecule has 0 aromatic rings. The minimum atomic E-state index is -1.55. The second-order valence-corrected chi connectivity index (χ2v) is 19.3. The first-order chi connectivity index (χ1) is 25.0. The van der Waals surface area contributed by atoms with Gasteiger partial charge in [-0.3, -0.25) is 0 Å². The molecule has 3 rings (SSSR count). The average Bonchev–Trinajstić information content (AvgIpc) is 3.54. The predicted molar refractivity (Wildman–Crippen MR) is 203 cm³/mol. The van der Waals surface area contributed by atoms with Crippen LogP contribution in [0.15, 0.2) is 11.6 Å². The maximum atomic E-state index is 13.9. The van der Waals surface area contributed by atoms with Crippen molar-refractivity contribution in [3.05, 3.63) is 11.6 Å². The van der Waals surface area contributed by atoms with Crippen LogP contribution in [0, 0.1) is 17.3 Å². The Balaban J connectivity index is 1.78. The van der Waals surface area contributed by atoms with Crippen molar-refractivity contribution in [2.75, 3.05) is 20.3 Å². The highest BCUT2D eigenvalue weighted by molar-refractivity contribution is 5.76. The fourth-order valence-electron chi connectivity index (χ4n) is 7.85. The van der Waals surface area contributed by atoms with Crippen LogP contribution in [-0.2, 0) is 47.5 Å². The van der Waals surface area contributed by atoms with E-state index in [0.717, 1.165) is 0 Å². The van der Waals surface area contributed by atoms with Crippen LogP contribution in [0.2, 0.25) is 0 Å². The van der Waals surface area contributed by atoms with Crippen molar-refractivity contribution in [3.8, 4) is 0 Å². The minimum absolute atomic E-state index is 0.0230. The summed E-state index contributed by atoms with van der Waals surface area (Å²) < 4.78 is 47.8. The fourth-order valence-corrected chi connectivity index (χ4v) is 7.85. The van der Waals surface area contributed by atoms with Crippen LogP contribution in [0.1, 0.15) is 110 Å². The van der Waals surface area contributed by atoms with E-state index >= 15 is 0 Å². The number of aliphatic hydroxyl groups is 4. The van der Waals surface area contributed by atoms with Crippen LogP contribution in [0.3, 0.4) is 0 Å². The molecule has 1 saturated carbocycles. The molecule has 0 radical (unpaired) electrons. The van der Waals surface area contributed by atoms with Crippen molar-refractivity contribution in [2.45, 2.75) is 200 Å². The van der Waals surface area contributed by atoms with Crippen molar-refractivity contribution >= 4 is 11.9 Å². The molecule has 2 heterocycles. The van der Waals surface area contributed by atoms with Gasteiger partial charge in [0.15, 0.2) is 12.2 Å². The smallest absolute Gasteiger partial charge is 0.338 e. The number of aliphatic hydroxyl groups excluding tert-OH is 4. The van der Waals surface area contributed by atoms with Crippen LogP contribution < -0.4 is 0 Å². The first-order valence-corrected chi connectivity index (χ1v) is 19.6. The number of esters is 2. The number of carbonyl (C=O) groups excluding carboxylic acids is 2. The lowest BCUT2D eigenvalue weighted by Gasteiger charge is -2.49. The van der Waals surface area contributed by atoms with E-state index in [2.05, 4.69) is 19.9 Å². The van der Waals surface area contributed by atoms with E-state index < -0.39 is 95.4 Å². The summed E-state index contributed by atoms with van der Waals surface area (Å²) in [6.07, 6.45) is -11.4. The number of rotatable bonds is 16. The number of methoxy groups -OCH3 is 1. The van der Waals surface area contributed by atoms with Gasteiger partial charge in [0.05, 0.1) is 48.8 Å². The summed E-state index contributed by atoms with van der Waals surface area (Å²) in [5.74, 6) is -1.14. The monoisotopic (exact) mass is 788 g/mol. The molecule has 2 saturated heterocycles. The quantitative estimate of drug-likeness (QED) is 0.131. The Labute approximate surface area is 328 Å². The van der Waals surface area contributed by atoms with Crippen molar-refractivity contribution in [3.63, 3.8) is 0 Å². The van der Waals surface area contributed by atoms with Gasteiger partial charge in [-0.05, 0) is 108 Å². The SMILES string of the molecule is COC(=O)C1OC(C(C)(C)OCCC(C)(C)O[C@@H]2C(C(=O)OCC3C(C=C(C)C)C3(C)C)OC(C(C)(C)OC(C)C)C(O)C2O)C(O)C(O)[C@@H]1OC(C)(C)C. The van der Waals surface area contributed by atoms with Gasteiger partial charge >= 0.3 is 11.9 Å². The zero-order valence-corrected chi connectivity index (χ0v) is 36.1. The maximum Gasteiger partial charge on any atom is 0.338 e. The van der Waals surface area contributed by atoms with Crippen molar-refractivity contribution in [1.82, 2.24) is 0 Å². The minimum Gasteiger partial charge on any atom is -0.467 e. The number of hydrogen-bond donors (Lipinski definition) is 4. The Hall–Kier alpha value is -1.72. The van der Waals surface area contributed by atoms with Crippen molar-refractivity contribution in [2.24, 2.45) is 17.3 Å². The summed E-state index contributed by atoms with van der Waals surface area (Å²) in [7, 11) is 1.20. The zero-order valence-electron chi connectivity index (χ0n) is 36.1. The van der Waals surface area contributed by atoms with Crippen LogP contribution in [0.25, 0.3) is 0 Å². The molecule has 12 atom stereocenters.